The van der Waals surface area contributed by atoms with E-state index in [0.29, 0.717) is 11.4 Å². The van der Waals surface area contributed by atoms with Crippen LogP contribution in [0.15, 0.2) is 11.8 Å². The molecule has 114 valence electrons. The molecule has 7 heteroatoms. The molecule has 0 radical (unpaired) electrons. The summed E-state index contributed by atoms with van der Waals surface area (Å²) in [5.41, 5.74) is -0.913. The third-order valence-electron chi connectivity index (χ3n) is 4.04. The normalized spacial score (nSPS) is 20.9. The van der Waals surface area contributed by atoms with Crippen molar-refractivity contribution in [2.45, 2.75) is 45.8 Å². The summed E-state index contributed by atoms with van der Waals surface area (Å²) in [6, 6.07) is 1.38. The highest BCUT2D eigenvalue weighted by molar-refractivity contribution is 6.54. The summed E-state index contributed by atoms with van der Waals surface area (Å²) in [5.74, 6) is -1.06. The topological polar surface area (TPSA) is 71.5 Å². The number of aromatic nitrogens is 1. The average molecular weight is 295 g/mol. The van der Waals surface area contributed by atoms with Crippen molar-refractivity contribution >= 4 is 19.2 Å². The first-order valence-electron chi connectivity index (χ1n) is 6.69. The lowest BCUT2D eigenvalue weighted by Crippen LogP contribution is -2.41. The van der Waals surface area contributed by atoms with Crippen molar-refractivity contribution in [1.29, 1.82) is 0 Å². The van der Waals surface area contributed by atoms with E-state index < -0.39 is 30.0 Å². The van der Waals surface area contributed by atoms with Crippen LogP contribution in [0.3, 0.4) is 0 Å². The summed E-state index contributed by atoms with van der Waals surface area (Å²) >= 11 is 0. The molecule has 2 N–H and O–H groups in total. The van der Waals surface area contributed by atoms with Gasteiger partial charge in [0.15, 0.2) is 0 Å². The van der Waals surface area contributed by atoms with Crippen LogP contribution in [0.1, 0.15) is 49.4 Å². The number of hydrogen-bond donors (Lipinski definition) is 2. The Hall–Kier alpha value is -1.60. The zero-order valence-electron chi connectivity index (χ0n) is 12.8. The Labute approximate surface area is 123 Å². The maximum atomic E-state index is 14.3. The second-order valence-corrected chi connectivity index (χ2v) is 6.19. The first-order chi connectivity index (χ1) is 9.53. The van der Waals surface area contributed by atoms with Crippen molar-refractivity contribution in [2.75, 3.05) is 0 Å². The zero-order chi connectivity index (χ0) is 16.0. The minimum absolute atomic E-state index is 0.114. The average Bonchev–Trinajstić information content (AvgIpc) is 2.77. The van der Waals surface area contributed by atoms with Gasteiger partial charge in [0.25, 0.3) is 0 Å². The fraction of sp³-hybridized carbons (Fsp3) is 0.500. The van der Waals surface area contributed by atoms with Crippen molar-refractivity contribution in [1.82, 2.24) is 4.98 Å². The number of aryl methyl sites for hydroxylation is 1. The quantitative estimate of drug-likeness (QED) is 0.841. The van der Waals surface area contributed by atoms with Crippen LogP contribution in [0.4, 0.5) is 4.39 Å². The van der Waals surface area contributed by atoms with E-state index in [2.05, 4.69) is 4.98 Å². The predicted molar refractivity (Wildman–Crippen MR) is 77.7 cm³/mol. The Kier molecular flexibility index (Phi) is 3.76. The Morgan fingerprint density at radius 2 is 1.86 bits per heavy atom. The lowest BCUT2D eigenvalue weighted by Gasteiger charge is -2.32. The first kappa shape index (κ1) is 15.8. The molecule has 1 saturated heterocycles. The van der Waals surface area contributed by atoms with E-state index in [9.17, 15) is 9.18 Å². The highest BCUT2D eigenvalue weighted by atomic mass is 19.1. The number of H-pyrrole nitrogens is 1. The highest BCUT2D eigenvalue weighted by Gasteiger charge is 2.53. The van der Waals surface area contributed by atoms with Crippen LogP contribution >= 0.6 is 0 Å². The van der Waals surface area contributed by atoms with Crippen LogP contribution in [0.2, 0.25) is 0 Å². The second-order valence-electron chi connectivity index (χ2n) is 6.19. The van der Waals surface area contributed by atoms with Gasteiger partial charge < -0.3 is 19.4 Å². The molecule has 2 heterocycles. The maximum absolute atomic E-state index is 14.3. The molecule has 0 unspecified atom stereocenters. The molecule has 0 spiro atoms. The Bertz CT molecular complexity index is 590. The molecule has 0 aliphatic carbocycles. The van der Waals surface area contributed by atoms with Crippen LogP contribution < -0.4 is 0 Å². The van der Waals surface area contributed by atoms with Crippen molar-refractivity contribution in [3.8, 4) is 0 Å². The van der Waals surface area contributed by atoms with Gasteiger partial charge in [-0.3, -0.25) is 0 Å². The number of nitrogens with one attached hydrogen (secondary N) is 1. The van der Waals surface area contributed by atoms with Gasteiger partial charge in [0.1, 0.15) is 5.73 Å². The molecule has 0 aromatic carbocycles. The van der Waals surface area contributed by atoms with Gasteiger partial charge in [0.05, 0.1) is 16.8 Å². The zero-order valence-corrected chi connectivity index (χ0v) is 12.8. The van der Waals surface area contributed by atoms with E-state index in [4.69, 9.17) is 14.4 Å². The van der Waals surface area contributed by atoms with Crippen LogP contribution in [0.5, 0.6) is 0 Å². The Morgan fingerprint density at radius 3 is 2.29 bits per heavy atom. The smallest absolute Gasteiger partial charge is 0.478 e. The van der Waals surface area contributed by atoms with Gasteiger partial charge in [-0.25, -0.2) is 9.18 Å². The minimum Gasteiger partial charge on any atom is -0.478 e. The predicted octanol–water partition coefficient (Wildman–Crippen LogP) is 2.96. The maximum Gasteiger partial charge on any atom is 0.525 e. The summed E-state index contributed by atoms with van der Waals surface area (Å²) < 4.78 is 25.4. The van der Waals surface area contributed by atoms with Crippen molar-refractivity contribution < 1.29 is 23.6 Å². The number of carbonyl (C=O) groups is 1. The third-order valence-corrected chi connectivity index (χ3v) is 4.04. The fourth-order valence-electron chi connectivity index (χ4n) is 2.06. The summed E-state index contributed by atoms with van der Waals surface area (Å²) in [6.45, 7) is 8.96. The van der Waals surface area contributed by atoms with Gasteiger partial charge in [-0.2, -0.15) is 0 Å². The van der Waals surface area contributed by atoms with E-state index in [1.165, 1.54) is 12.1 Å². The molecular formula is C14H19BFNO4. The fourth-order valence-corrected chi connectivity index (χ4v) is 2.06. The van der Waals surface area contributed by atoms with Crippen molar-refractivity contribution in [3.63, 3.8) is 0 Å². The van der Waals surface area contributed by atoms with Crippen LogP contribution in [-0.4, -0.2) is 34.4 Å². The van der Waals surface area contributed by atoms with Crippen LogP contribution in [-0.2, 0) is 9.31 Å². The van der Waals surface area contributed by atoms with Gasteiger partial charge >= 0.3 is 13.1 Å². The number of hydrogen-bond acceptors (Lipinski definition) is 3. The molecule has 5 nitrogen and oxygen atoms in total. The summed E-state index contributed by atoms with van der Waals surface area (Å²) in [5, 5.41) is 8.98. The number of aromatic carboxylic acids is 1. The molecule has 0 bridgehead atoms. The first-order valence-corrected chi connectivity index (χ1v) is 6.69. The molecule has 1 aliphatic heterocycles. The third kappa shape index (κ3) is 2.89. The lowest BCUT2D eigenvalue weighted by atomic mass is 9.87. The number of halogens is 1. The van der Waals surface area contributed by atoms with E-state index in [0.717, 1.165) is 0 Å². The minimum atomic E-state index is -1.09. The number of rotatable bonds is 3. The van der Waals surface area contributed by atoms with E-state index in [1.54, 1.807) is 6.92 Å². The monoisotopic (exact) mass is 295 g/mol. The molecule has 2 rings (SSSR count). The van der Waals surface area contributed by atoms with Gasteiger partial charge in [-0.15, -0.1) is 0 Å². The van der Waals surface area contributed by atoms with Crippen molar-refractivity contribution in [3.05, 3.63) is 28.7 Å². The molecule has 1 aliphatic rings. The van der Waals surface area contributed by atoms with Gasteiger partial charge in [-0.1, -0.05) is 0 Å². The summed E-state index contributed by atoms with van der Waals surface area (Å²) in [4.78, 5) is 13.8. The standard InChI is InChI=1S/C14H19BFNO4/c1-8-10(12(18)19)6-9(17-8)7-11(16)15-20-13(2,3)14(4,5)21-15/h6-7,17H,1-5H3,(H,18,19). The van der Waals surface area contributed by atoms with E-state index >= 15 is 0 Å². The molecule has 1 fully saturated rings. The van der Waals surface area contributed by atoms with Crippen LogP contribution in [0.25, 0.3) is 6.08 Å². The molecule has 0 saturated carbocycles. The largest absolute Gasteiger partial charge is 0.525 e. The Balaban J connectivity index is 2.23. The molecule has 21 heavy (non-hydrogen) atoms. The van der Waals surface area contributed by atoms with Gasteiger partial charge in [0, 0.05) is 11.4 Å². The van der Waals surface area contributed by atoms with Crippen molar-refractivity contribution in [2.24, 2.45) is 0 Å². The molecule has 0 atom stereocenters. The van der Waals surface area contributed by atoms with Gasteiger partial charge in [-0.05, 0) is 46.8 Å². The summed E-state index contributed by atoms with van der Waals surface area (Å²) in [6.07, 6.45) is 1.20. The molecular weight excluding hydrogens is 276 g/mol. The van der Waals surface area contributed by atoms with E-state index in [1.807, 2.05) is 27.7 Å². The SMILES string of the molecule is Cc1[nH]c(C=C(F)B2OC(C)(C)C(C)(C)O2)cc1C(=O)O. The Morgan fingerprint density at radius 1 is 1.33 bits per heavy atom. The molecule has 0 amide bonds. The van der Waals surface area contributed by atoms with Gasteiger partial charge in [0.2, 0.25) is 0 Å². The highest BCUT2D eigenvalue weighted by Crippen LogP contribution is 2.39. The number of aromatic amines is 1. The van der Waals surface area contributed by atoms with E-state index in [-0.39, 0.29) is 5.56 Å². The molecule has 1 aromatic rings. The second kappa shape index (κ2) is 5.00. The molecule has 1 aromatic heterocycles. The van der Waals surface area contributed by atoms with Crippen LogP contribution in [0, 0.1) is 6.92 Å². The number of carboxylic acid groups (broad SMARTS) is 1. The number of carboxylic acids is 1. The lowest BCUT2D eigenvalue weighted by molar-refractivity contribution is 0.00578. The summed E-state index contributed by atoms with van der Waals surface area (Å²) in [7, 11) is -1.09.